The van der Waals surface area contributed by atoms with Gasteiger partial charge in [0.25, 0.3) is 5.91 Å². The van der Waals surface area contributed by atoms with Gasteiger partial charge in [0.05, 0.1) is 17.0 Å². The molecule has 0 saturated carbocycles. The number of rotatable bonds is 5. The Morgan fingerprint density at radius 2 is 1.95 bits per heavy atom. The highest BCUT2D eigenvalue weighted by molar-refractivity contribution is 7.90. The van der Waals surface area contributed by atoms with E-state index in [0.717, 1.165) is 6.26 Å². The van der Waals surface area contributed by atoms with Gasteiger partial charge in [-0.1, -0.05) is 11.6 Å². The minimum atomic E-state index is -3.54. The summed E-state index contributed by atoms with van der Waals surface area (Å²) in [4.78, 5) is 24.7. The minimum absolute atomic E-state index is 0.0464. The lowest BCUT2D eigenvalue weighted by Gasteiger charge is -2.19. The van der Waals surface area contributed by atoms with Crippen LogP contribution in [-0.4, -0.2) is 51.6 Å². The van der Waals surface area contributed by atoms with Crippen LogP contribution in [0.3, 0.4) is 0 Å². The van der Waals surface area contributed by atoms with E-state index in [0.29, 0.717) is 0 Å². The lowest BCUT2D eigenvalue weighted by Crippen LogP contribution is -2.36. The molecule has 21 heavy (non-hydrogen) atoms. The van der Waals surface area contributed by atoms with Gasteiger partial charge in [-0.05, 0) is 25.1 Å². The number of sulfone groups is 1. The standard InChI is InChI=1S/C13H16ClNO5S/c1-4-15(8-12(16)20-2)13(17)9-5-6-10(14)11(7-9)21(3,18)19/h5-7H,4,8H2,1-3H3. The van der Waals surface area contributed by atoms with Gasteiger partial charge in [0.1, 0.15) is 6.54 Å². The Labute approximate surface area is 128 Å². The third-order valence-electron chi connectivity index (χ3n) is 2.79. The second kappa shape index (κ2) is 6.91. The highest BCUT2D eigenvalue weighted by atomic mass is 35.5. The summed E-state index contributed by atoms with van der Waals surface area (Å²) in [5, 5.41) is 0.0464. The molecule has 0 bridgehead atoms. The summed E-state index contributed by atoms with van der Waals surface area (Å²) in [7, 11) is -2.32. The molecule has 8 heteroatoms. The molecule has 0 aromatic heterocycles. The van der Waals surface area contributed by atoms with Crippen LogP contribution in [0.4, 0.5) is 0 Å². The number of amides is 1. The van der Waals surface area contributed by atoms with Gasteiger partial charge >= 0.3 is 5.97 Å². The maximum absolute atomic E-state index is 12.3. The second-order valence-electron chi connectivity index (χ2n) is 4.31. The van der Waals surface area contributed by atoms with Crippen LogP contribution in [-0.2, 0) is 19.4 Å². The molecule has 0 aliphatic carbocycles. The fourth-order valence-electron chi connectivity index (χ4n) is 1.65. The summed E-state index contributed by atoms with van der Waals surface area (Å²) in [6.07, 6.45) is 1.01. The number of esters is 1. The molecule has 1 aromatic carbocycles. The molecule has 6 nitrogen and oxygen atoms in total. The Hall–Kier alpha value is -1.60. The third kappa shape index (κ3) is 4.44. The van der Waals surface area contributed by atoms with Crippen molar-refractivity contribution in [3.05, 3.63) is 28.8 Å². The van der Waals surface area contributed by atoms with Crippen LogP contribution in [0.15, 0.2) is 23.1 Å². The summed E-state index contributed by atoms with van der Waals surface area (Å²) in [6.45, 7) is 1.78. The summed E-state index contributed by atoms with van der Waals surface area (Å²) >= 11 is 5.83. The molecular weight excluding hydrogens is 318 g/mol. The number of ether oxygens (including phenoxy) is 1. The highest BCUT2D eigenvalue weighted by Crippen LogP contribution is 2.23. The van der Waals surface area contributed by atoms with Crippen molar-refractivity contribution in [2.45, 2.75) is 11.8 Å². The Bertz CT molecular complexity index is 657. The third-order valence-corrected chi connectivity index (χ3v) is 4.37. The predicted molar refractivity (Wildman–Crippen MR) is 78.2 cm³/mol. The van der Waals surface area contributed by atoms with Crippen LogP contribution in [0.2, 0.25) is 5.02 Å². The number of carbonyl (C=O) groups excluding carboxylic acids is 2. The van der Waals surface area contributed by atoms with Crippen molar-refractivity contribution >= 4 is 33.3 Å². The quantitative estimate of drug-likeness (QED) is 0.760. The molecule has 0 radical (unpaired) electrons. The van der Waals surface area contributed by atoms with Crippen molar-refractivity contribution in [1.82, 2.24) is 4.90 Å². The first-order valence-corrected chi connectivity index (χ1v) is 8.33. The van der Waals surface area contributed by atoms with Crippen LogP contribution in [0, 0.1) is 0 Å². The molecule has 0 spiro atoms. The van der Waals surface area contributed by atoms with E-state index in [2.05, 4.69) is 4.74 Å². The SMILES string of the molecule is CCN(CC(=O)OC)C(=O)c1ccc(Cl)c(S(C)(=O)=O)c1. The van der Waals surface area contributed by atoms with Crippen molar-refractivity contribution < 1.29 is 22.7 Å². The van der Waals surface area contributed by atoms with Crippen molar-refractivity contribution in [3.63, 3.8) is 0 Å². The number of nitrogens with zero attached hydrogens (tertiary/aromatic N) is 1. The number of hydrogen-bond acceptors (Lipinski definition) is 5. The van der Waals surface area contributed by atoms with Gasteiger partial charge in [-0.25, -0.2) is 8.42 Å². The molecule has 0 saturated heterocycles. The lowest BCUT2D eigenvalue weighted by atomic mass is 10.2. The maximum atomic E-state index is 12.3. The number of benzene rings is 1. The topological polar surface area (TPSA) is 80.8 Å². The molecule has 0 aliphatic heterocycles. The molecule has 0 atom stereocenters. The molecule has 116 valence electrons. The molecular formula is C13H16ClNO5S. The van der Waals surface area contributed by atoms with E-state index in [4.69, 9.17) is 11.6 Å². The zero-order valence-electron chi connectivity index (χ0n) is 11.9. The van der Waals surface area contributed by atoms with Crippen LogP contribution in [0.5, 0.6) is 0 Å². The normalized spacial score (nSPS) is 11.0. The summed E-state index contributed by atoms with van der Waals surface area (Å²) in [5.74, 6) is -1.02. The fourth-order valence-corrected chi connectivity index (χ4v) is 2.95. The van der Waals surface area contributed by atoms with Gasteiger partial charge in [-0.15, -0.1) is 0 Å². The lowest BCUT2D eigenvalue weighted by molar-refractivity contribution is -0.141. The Morgan fingerprint density at radius 1 is 1.33 bits per heavy atom. The molecule has 0 fully saturated rings. The van der Waals surface area contributed by atoms with Gasteiger partial charge in [-0.3, -0.25) is 9.59 Å². The number of carbonyl (C=O) groups is 2. The van der Waals surface area contributed by atoms with Gasteiger partial charge in [0.2, 0.25) is 0 Å². The van der Waals surface area contributed by atoms with Gasteiger partial charge < -0.3 is 9.64 Å². The number of hydrogen-bond donors (Lipinski definition) is 0. The predicted octanol–water partition coefficient (Wildman–Crippen LogP) is 1.38. The Morgan fingerprint density at radius 3 is 2.43 bits per heavy atom. The average Bonchev–Trinajstić information content (AvgIpc) is 2.42. The zero-order valence-corrected chi connectivity index (χ0v) is 13.5. The molecule has 0 unspecified atom stereocenters. The first-order valence-electron chi connectivity index (χ1n) is 6.06. The first kappa shape index (κ1) is 17.5. The zero-order chi connectivity index (χ0) is 16.2. The molecule has 1 aromatic rings. The van der Waals surface area contributed by atoms with Crippen molar-refractivity contribution in [3.8, 4) is 0 Å². The fraction of sp³-hybridized carbons (Fsp3) is 0.385. The van der Waals surface area contributed by atoms with E-state index in [1.807, 2.05) is 0 Å². The number of methoxy groups -OCH3 is 1. The average molecular weight is 334 g/mol. The Kier molecular flexibility index (Phi) is 5.74. The number of likely N-dealkylation sites (N-methyl/N-ethyl adjacent to an activating group) is 1. The molecule has 0 aliphatic rings. The van der Waals surface area contributed by atoms with Gasteiger partial charge in [0, 0.05) is 18.4 Å². The van der Waals surface area contributed by atoms with E-state index in [1.54, 1.807) is 6.92 Å². The molecule has 0 N–H and O–H groups in total. The summed E-state index contributed by atoms with van der Waals surface area (Å²) < 4.78 is 27.7. The number of halogens is 1. The molecule has 1 amide bonds. The molecule has 1 rings (SSSR count). The van der Waals surface area contributed by atoms with Crippen LogP contribution in [0.25, 0.3) is 0 Å². The smallest absolute Gasteiger partial charge is 0.325 e. The molecule has 0 heterocycles. The van der Waals surface area contributed by atoms with E-state index in [-0.39, 0.29) is 28.6 Å². The van der Waals surface area contributed by atoms with E-state index < -0.39 is 21.7 Å². The largest absolute Gasteiger partial charge is 0.468 e. The second-order valence-corrected chi connectivity index (χ2v) is 6.70. The van der Waals surface area contributed by atoms with E-state index in [1.165, 1.54) is 30.2 Å². The van der Waals surface area contributed by atoms with Crippen molar-refractivity contribution in [1.29, 1.82) is 0 Å². The van der Waals surface area contributed by atoms with Crippen LogP contribution in [0.1, 0.15) is 17.3 Å². The summed E-state index contributed by atoms with van der Waals surface area (Å²) in [6, 6.07) is 3.97. The first-order chi connectivity index (χ1) is 9.70. The van der Waals surface area contributed by atoms with Crippen molar-refractivity contribution in [2.24, 2.45) is 0 Å². The maximum Gasteiger partial charge on any atom is 0.325 e. The Balaban J connectivity index is 3.15. The monoisotopic (exact) mass is 333 g/mol. The highest BCUT2D eigenvalue weighted by Gasteiger charge is 2.21. The van der Waals surface area contributed by atoms with Crippen LogP contribution >= 0.6 is 11.6 Å². The van der Waals surface area contributed by atoms with Crippen LogP contribution < -0.4 is 0 Å². The summed E-state index contributed by atoms with van der Waals surface area (Å²) in [5.41, 5.74) is 0.144. The van der Waals surface area contributed by atoms with E-state index in [9.17, 15) is 18.0 Å². The van der Waals surface area contributed by atoms with Gasteiger partial charge in [-0.2, -0.15) is 0 Å². The van der Waals surface area contributed by atoms with Gasteiger partial charge in [0.15, 0.2) is 9.84 Å². The van der Waals surface area contributed by atoms with Crippen molar-refractivity contribution in [2.75, 3.05) is 26.5 Å². The van der Waals surface area contributed by atoms with E-state index >= 15 is 0 Å². The minimum Gasteiger partial charge on any atom is -0.468 e.